The number of amides is 2. The van der Waals surface area contributed by atoms with Gasteiger partial charge < -0.3 is 9.73 Å². The van der Waals surface area contributed by atoms with E-state index in [0.29, 0.717) is 16.6 Å². The smallest absolute Gasteiger partial charge is 0.244 e. The van der Waals surface area contributed by atoms with Crippen LogP contribution in [0.1, 0.15) is 18.4 Å². The highest BCUT2D eigenvalue weighted by Crippen LogP contribution is 2.30. The molecule has 6 nitrogen and oxygen atoms in total. The number of thiazole rings is 1. The largest absolute Gasteiger partial charge is 0.467 e. The van der Waals surface area contributed by atoms with Gasteiger partial charge in [0.25, 0.3) is 0 Å². The Morgan fingerprint density at radius 3 is 2.81 bits per heavy atom. The molecule has 0 spiro atoms. The highest BCUT2D eigenvalue weighted by atomic mass is 32.1. The van der Waals surface area contributed by atoms with Crippen molar-refractivity contribution in [1.29, 1.82) is 0 Å². The van der Waals surface area contributed by atoms with Crippen LogP contribution in [0.4, 0.5) is 15.2 Å². The molecule has 0 saturated heterocycles. The molecule has 0 unspecified atom stereocenters. The van der Waals surface area contributed by atoms with Crippen LogP contribution in [0.2, 0.25) is 0 Å². The van der Waals surface area contributed by atoms with E-state index in [0.717, 1.165) is 0 Å². The minimum atomic E-state index is -0.516. The number of para-hydroxylation sites is 1. The molecule has 0 saturated carbocycles. The number of carbonyl (C=O) groups is 2. The number of anilines is 2. The predicted molar refractivity (Wildman–Crippen MR) is 101 cm³/mol. The zero-order valence-electron chi connectivity index (χ0n) is 14.4. The number of hydrogen-bond acceptors (Lipinski definition) is 5. The maximum absolute atomic E-state index is 14.1. The van der Waals surface area contributed by atoms with Crippen molar-refractivity contribution in [2.45, 2.75) is 13.5 Å². The van der Waals surface area contributed by atoms with Crippen LogP contribution >= 0.6 is 11.3 Å². The Labute approximate surface area is 158 Å². The first-order chi connectivity index (χ1) is 13.0. The fraction of sp³-hybridized carbons (Fsp3) is 0.105. The standard InChI is InChI=1S/C19H16FN3O3S/c1-13(24)23(17-7-3-2-6-16(17)20)19-22-14(12-27-19)8-9-18(25)21-11-15-5-4-10-26-15/h2-10,12H,11H2,1H3,(H,21,25). The van der Waals surface area contributed by atoms with E-state index in [4.69, 9.17) is 4.42 Å². The van der Waals surface area contributed by atoms with Crippen LogP contribution in [0.25, 0.3) is 6.08 Å². The van der Waals surface area contributed by atoms with E-state index in [1.165, 1.54) is 53.7 Å². The minimum Gasteiger partial charge on any atom is -0.467 e. The molecule has 0 aliphatic heterocycles. The van der Waals surface area contributed by atoms with Crippen molar-refractivity contribution in [3.05, 3.63) is 71.4 Å². The third-order valence-corrected chi connectivity index (χ3v) is 4.38. The van der Waals surface area contributed by atoms with Gasteiger partial charge in [-0.3, -0.25) is 14.5 Å². The van der Waals surface area contributed by atoms with Crippen molar-refractivity contribution in [3.8, 4) is 0 Å². The Morgan fingerprint density at radius 2 is 2.11 bits per heavy atom. The number of hydrogen-bond donors (Lipinski definition) is 1. The first-order valence-corrected chi connectivity index (χ1v) is 8.91. The fourth-order valence-electron chi connectivity index (χ4n) is 2.30. The number of benzene rings is 1. The van der Waals surface area contributed by atoms with Crippen LogP contribution < -0.4 is 10.2 Å². The lowest BCUT2D eigenvalue weighted by molar-refractivity contribution is -0.117. The van der Waals surface area contributed by atoms with E-state index in [2.05, 4.69) is 10.3 Å². The number of nitrogens with zero attached hydrogens (tertiary/aromatic N) is 2. The van der Waals surface area contributed by atoms with Gasteiger partial charge in [0.15, 0.2) is 5.13 Å². The topological polar surface area (TPSA) is 75.4 Å². The molecule has 0 aliphatic rings. The summed E-state index contributed by atoms with van der Waals surface area (Å²) in [6.07, 6.45) is 4.39. The summed E-state index contributed by atoms with van der Waals surface area (Å²) < 4.78 is 19.2. The van der Waals surface area contributed by atoms with Crippen molar-refractivity contribution in [2.24, 2.45) is 0 Å². The molecule has 3 aromatic rings. The summed E-state index contributed by atoms with van der Waals surface area (Å²) in [5, 5.41) is 4.68. The number of carbonyl (C=O) groups excluding carboxylic acids is 2. The van der Waals surface area contributed by atoms with E-state index in [1.807, 2.05) is 0 Å². The van der Waals surface area contributed by atoms with Gasteiger partial charge in [-0.1, -0.05) is 12.1 Å². The summed E-state index contributed by atoms with van der Waals surface area (Å²) in [7, 11) is 0. The molecule has 0 aliphatic carbocycles. The molecular formula is C19H16FN3O3S. The third kappa shape index (κ3) is 4.68. The number of furan rings is 1. The van der Waals surface area contributed by atoms with Crippen LogP contribution in [0.15, 0.2) is 58.5 Å². The lowest BCUT2D eigenvalue weighted by atomic mass is 10.3. The minimum absolute atomic E-state index is 0.131. The van der Waals surface area contributed by atoms with E-state index in [1.54, 1.807) is 29.6 Å². The average Bonchev–Trinajstić information content (AvgIpc) is 3.32. The third-order valence-electron chi connectivity index (χ3n) is 3.53. The lowest BCUT2D eigenvalue weighted by Crippen LogP contribution is -2.23. The molecule has 0 bridgehead atoms. The Kier molecular flexibility index (Phi) is 5.77. The van der Waals surface area contributed by atoms with E-state index in [-0.39, 0.29) is 24.0 Å². The van der Waals surface area contributed by atoms with E-state index >= 15 is 0 Å². The molecule has 1 aromatic carbocycles. The maximum atomic E-state index is 14.1. The summed E-state index contributed by atoms with van der Waals surface area (Å²) in [6, 6.07) is 9.49. The van der Waals surface area contributed by atoms with Crippen LogP contribution in [0.5, 0.6) is 0 Å². The van der Waals surface area contributed by atoms with Crippen molar-refractivity contribution in [2.75, 3.05) is 4.90 Å². The van der Waals surface area contributed by atoms with Gasteiger partial charge in [-0.2, -0.15) is 0 Å². The molecule has 2 amide bonds. The summed E-state index contributed by atoms with van der Waals surface area (Å²) in [4.78, 5) is 29.4. The van der Waals surface area contributed by atoms with Crippen LogP contribution in [-0.2, 0) is 16.1 Å². The maximum Gasteiger partial charge on any atom is 0.244 e. The van der Waals surface area contributed by atoms with Gasteiger partial charge in [0.05, 0.1) is 24.2 Å². The lowest BCUT2D eigenvalue weighted by Gasteiger charge is -2.18. The monoisotopic (exact) mass is 385 g/mol. The summed E-state index contributed by atoms with van der Waals surface area (Å²) in [5.41, 5.74) is 0.622. The molecule has 138 valence electrons. The zero-order chi connectivity index (χ0) is 19.2. The molecule has 3 rings (SSSR count). The van der Waals surface area contributed by atoms with Gasteiger partial charge in [-0.05, 0) is 30.3 Å². The van der Waals surface area contributed by atoms with Crippen LogP contribution in [0, 0.1) is 5.82 Å². The molecular weight excluding hydrogens is 369 g/mol. The molecule has 0 atom stereocenters. The first-order valence-electron chi connectivity index (χ1n) is 8.03. The van der Waals surface area contributed by atoms with Gasteiger partial charge in [0.1, 0.15) is 11.6 Å². The fourth-order valence-corrected chi connectivity index (χ4v) is 3.15. The number of aromatic nitrogens is 1. The second-order valence-electron chi connectivity index (χ2n) is 5.49. The summed E-state index contributed by atoms with van der Waals surface area (Å²) in [5.74, 6) is -0.536. The van der Waals surface area contributed by atoms with E-state index < -0.39 is 5.82 Å². The molecule has 8 heteroatoms. The Morgan fingerprint density at radius 1 is 1.30 bits per heavy atom. The van der Waals surface area contributed by atoms with Crippen molar-refractivity contribution in [1.82, 2.24) is 10.3 Å². The van der Waals surface area contributed by atoms with Gasteiger partial charge in [0.2, 0.25) is 11.8 Å². The molecule has 2 heterocycles. The quantitative estimate of drug-likeness (QED) is 0.653. The Hall–Kier alpha value is -3.26. The highest BCUT2D eigenvalue weighted by molar-refractivity contribution is 7.14. The number of nitrogens with one attached hydrogen (secondary N) is 1. The van der Waals surface area contributed by atoms with Crippen molar-refractivity contribution < 1.29 is 18.4 Å². The van der Waals surface area contributed by atoms with Crippen LogP contribution in [-0.4, -0.2) is 16.8 Å². The zero-order valence-corrected chi connectivity index (χ0v) is 15.2. The normalized spacial score (nSPS) is 10.9. The number of rotatable bonds is 6. The second kappa shape index (κ2) is 8.41. The Balaban J connectivity index is 1.70. The highest BCUT2D eigenvalue weighted by Gasteiger charge is 2.20. The SMILES string of the molecule is CC(=O)N(c1nc(C=CC(=O)NCc2ccco2)cs1)c1ccccc1F. The van der Waals surface area contributed by atoms with Gasteiger partial charge in [-0.25, -0.2) is 9.37 Å². The summed E-state index contributed by atoms with van der Waals surface area (Å²) in [6.45, 7) is 1.62. The molecule has 2 aromatic heterocycles. The molecule has 0 radical (unpaired) electrons. The van der Waals surface area contributed by atoms with Crippen molar-refractivity contribution >= 4 is 40.0 Å². The Bertz CT molecular complexity index is 966. The van der Waals surface area contributed by atoms with Gasteiger partial charge in [-0.15, -0.1) is 11.3 Å². The second-order valence-corrected chi connectivity index (χ2v) is 6.33. The molecule has 27 heavy (non-hydrogen) atoms. The predicted octanol–water partition coefficient (Wildman–Crippen LogP) is 3.89. The van der Waals surface area contributed by atoms with Crippen LogP contribution in [0.3, 0.4) is 0 Å². The van der Waals surface area contributed by atoms with E-state index in [9.17, 15) is 14.0 Å². The van der Waals surface area contributed by atoms with Gasteiger partial charge in [0, 0.05) is 18.4 Å². The van der Waals surface area contributed by atoms with Crippen molar-refractivity contribution in [3.63, 3.8) is 0 Å². The number of halogens is 1. The average molecular weight is 385 g/mol. The molecule has 1 N–H and O–H groups in total. The van der Waals surface area contributed by atoms with Gasteiger partial charge >= 0.3 is 0 Å². The summed E-state index contributed by atoms with van der Waals surface area (Å²) >= 11 is 1.18. The molecule has 0 fully saturated rings. The first kappa shape index (κ1) is 18.5.